The third-order valence-electron chi connectivity index (χ3n) is 5.86. The van der Waals surface area contributed by atoms with Crippen molar-refractivity contribution in [1.29, 1.82) is 0 Å². The van der Waals surface area contributed by atoms with Gasteiger partial charge in [-0.2, -0.15) is 0 Å². The topological polar surface area (TPSA) is 57.7 Å². The Kier molecular flexibility index (Phi) is 6.72. The summed E-state index contributed by atoms with van der Waals surface area (Å²) in [4.78, 5) is 17.6. The zero-order valence-corrected chi connectivity index (χ0v) is 19.0. The molecule has 1 heterocycles. The van der Waals surface area contributed by atoms with Crippen molar-refractivity contribution in [2.45, 2.75) is 30.2 Å². The summed E-state index contributed by atoms with van der Waals surface area (Å²) in [6, 6.07) is 25.9. The van der Waals surface area contributed by atoms with Crippen LogP contribution >= 0.6 is 0 Å². The number of rotatable bonds is 6. The first-order valence-corrected chi connectivity index (χ1v) is 12.5. The number of carbonyl (C=O) groups is 1. The molecule has 0 N–H and O–H groups in total. The number of nitrogens with zero attached hydrogens (tertiary/aromatic N) is 2. The lowest BCUT2D eigenvalue weighted by molar-refractivity contribution is 0.0475. The average Bonchev–Trinajstić information content (AvgIpc) is 2.80. The van der Waals surface area contributed by atoms with E-state index in [9.17, 15) is 13.2 Å². The van der Waals surface area contributed by atoms with Crippen molar-refractivity contribution in [3.63, 3.8) is 0 Å². The van der Waals surface area contributed by atoms with Crippen LogP contribution < -0.4 is 0 Å². The summed E-state index contributed by atoms with van der Waals surface area (Å²) >= 11 is 0. The predicted octanol–water partition coefficient (Wildman–Crippen LogP) is 4.01. The lowest BCUT2D eigenvalue weighted by atomic mass is 10.1. The molecule has 1 atom stereocenters. The molecule has 3 aromatic carbocycles. The SMILES string of the molecule is CC1CN(Cc2ccccc2)CCN1C(=O)c1cccc(S(=O)(=O)Cc2ccccc2)c1. The van der Waals surface area contributed by atoms with Gasteiger partial charge in [0.25, 0.3) is 5.91 Å². The number of amides is 1. The summed E-state index contributed by atoms with van der Waals surface area (Å²) in [7, 11) is -3.54. The second kappa shape index (κ2) is 9.67. The fourth-order valence-corrected chi connectivity index (χ4v) is 5.58. The van der Waals surface area contributed by atoms with Gasteiger partial charge < -0.3 is 4.90 Å². The molecular weight excluding hydrogens is 420 g/mol. The van der Waals surface area contributed by atoms with E-state index in [1.165, 1.54) is 11.6 Å². The van der Waals surface area contributed by atoms with Crippen LogP contribution in [0.3, 0.4) is 0 Å². The van der Waals surface area contributed by atoms with E-state index >= 15 is 0 Å². The average molecular weight is 449 g/mol. The van der Waals surface area contributed by atoms with Crippen LogP contribution in [0.25, 0.3) is 0 Å². The monoisotopic (exact) mass is 448 g/mol. The molecule has 1 aliphatic heterocycles. The molecular formula is C26H28N2O3S. The largest absolute Gasteiger partial charge is 0.333 e. The van der Waals surface area contributed by atoms with Gasteiger partial charge in [-0.3, -0.25) is 9.69 Å². The Labute approximate surface area is 190 Å². The molecule has 4 rings (SSSR count). The second-order valence-electron chi connectivity index (χ2n) is 8.34. The van der Waals surface area contributed by atoms with E-state index < -0.39 is 9.84 Å². The van der Waals surface area contributed by atoms with Gasteiger partial charge in [-0.1, -0.05) is 66.7 Å². The van der Waals surface area contributed by atoms with Gasteiger partial charge in [0.1, 0.15) is 0 Å². The predicted molar refractivity (Wildman–Crippen MR) is 126 cm³/mol. The minimum Gasteiger partial charge on any atom is -0.333 e. The van der Waals surface area contributed by atoms with Crippen molar-refractivity contribution in [1.82, 2.24) is 9.80 Å². The van der Waals surface area contributed by atoms with Crippen LogP contribution in [-0.2, 0) is 22.1 Å². The van der Waals surface area contributed by atoms with Gasteiger partial charge in [0.05, 0.1) is 10.6 Å². The van der Waals surface area contributed by atoms with Gasteiger partial charge in [0.15, 0.2) is 9.84 Å². The third kappa shape index (κ3) is 5.26. The summed E-state index contributed by atoms with van der Waals surface area (Å²) < 4.78 is 25.8. The van der Waals surface area contributed by atoms with Crippen molar-refractivity contribution in [2.75, 3.05) is 19.6 Å². The molecule has 0 bridgehead atoms. The van der Waals surface area contributed by atoms with Gasteiger partial charge in [-0.25, -0.2) is 8.42 Å². The maximum Gasteiger partial charge on any atom is 0.254 e. The van der Waals surface area contributed by atoms with E-state index in [1.54, 1.807) is 30.3 Å². The molecule has 0 radical (unpaired) electrons. The Bertz CT molecular complexity index is 1160. The highest BCUT2D eigenvalue weighted by Crippen LogP contribution is 2.21. The van der Waals surface area contributed by atoms with E-state index in [4.69, 9.17) is 0 Å². The maximum atomic E-state index is 13.2. The zero-order chi connectivity index (χ0) is 22.6. The number of carbonyl (C=O) groups excluding carboxylic acids is 1. The zero-order valence-electron chi connectivity index (χ0n) is 18.2. The van der Waals surface area contributed by atoms with Crippen LogP contribution in [0, 0.1) is 0 Å². The molecule has 1 fully saturated rings. The minimum atomic E-state index is -3.54. The van der Waals surface area contributed by atoms with E-state index in [0.29, 0.717) is 12.1 Å². The van der Waals surface area contributed by atoms with Crippen molar-refractivity contribution in [3.05, 3.63) is 102 Å². The first-order chi connectivity index (χ1) is 15.4. The molecule has 0 aromatic heterocycles. The van der Waals surface area contributed by atoms with E-state index in [-0.39, 0.29) is 22.6 Å². The standard InChI is InChI=1S/C26H28N2O3S/c1-21-18-27(19-22-9-4-2-5-10-22)15-16-28(21)26(29)24-13-8-14-25(17-24)32(30,31)20-23-11-6-3-7-12-23/h2-14,17,21H,15-16,18-20H2,1H3. The number of sulfone groups is 1. The number of hydrogen-bond donors (Lipinski definition) is 0. The summed E-state index contributed by atoms with van der Waals surface area (Å²) in [5.74, 6) is -0.200. The lowest BCUT2D eigenvalue weighted by Gasteiger charge is -2.40. The summed E-state index contributed by atoms with van der Waals surface area (Å²) in [6.45, 7) is 5.10. The molecule has 5 nitrogen and oxygen atoms in total. The van der Waals surface area contributed by atoms with E-state index in [1.807, 2.05) is 48.2 Å². The smallest absolute Gasteiger partial charge is 0.254 e. The van der Waals surface area contributed by atoms with Crippen LogP contribution in [0.1, 0.15) is 28.4 Å². The Hall–Kier alpha value is -2.96. The molecule has 0 aliphatic carbocycles. The number of piperazine rings is 1. The van der Waals surface area contributed by atoms with E-state index in [2.05, 4.69) is 17.0 Å². The molecule has 1 aliphatic rings. The fourth-order valence-electron chi connectivity index (χ4n) is 4.19. The Morgan fingerprint density at radius 2 is 1.53 bits per heavy atom. The molecule has 1 saturated heterocycles. The van der Waals surface area contributed by atoms with E-state index in [0.717, 1.165) is 25.2 Å². The lowest BCUT2D eigenvalue weighted by Crippen LogP contribution is -2.53. The van der Waals surface area contributed by atoms with Gasteiger partial charge >= 0.3 is 0 Å². The quantitative estimate of drug-likeness (QED) is 0.572. The van der Waals surface area contributed by atoms with Crippen molar-refractivity contribution in [3.8, 4) is 0 Å². The van der Waals surface area contributed by atoms with Crippen LogP contribution in [0.15, 0.2) is 89.8 Å². The summed E-state index contributed by atoms with van der Waals surface area (Å²) in [5, 5.41) is 0. The number of hydrogen-bond acceptors (Lipinski definition) is 4. The Balaban J connectivity index is 1.45. The van der Waals surface area contributed by atoms with Gasteiger partial charge in [0, 0.05) is 37.8 Å². The van der Waals surface area contributed by atoms with Crippen molar-refractivity contribution >= 4 is 15.7 Å². The molecule has 1 unspecified atom stereocenters. The molecule has 1 amide bonds. The van der Waals surface area contributed by atoms with Crippen LogP contribution in [0.5, 0.6) is 0 Å². The normalized spacial score (nSPS) is 17.3. The fraction of sp³-hybridized carbons (Fsp3) is 0.269. The first kappa shape index (κ1) is 22.2. The Morgan fingerprint density at radius 1 is 0.875 bits per heavy atom. The summed E-state index contributed by atoms with van der Waals surface area (Å²) in [5.41, 5.74) is 2.41. The van der Waals surface area contributed by atoms with Crippen LogP contribution in [0.2, 0.25) is 0 Å². The third-order valence-corrected chi connectivity index (χ3v) is 7.55. The molecule has 0 spiro atoms. The number of benzene rings is 3. The molecule has 6 heteroatoms. The van der Waals surface area contributed by atoms with Gasteiger partial charge in [-0.05, 0) is 36.2 Å². The molecule has 0 saturated carbocycles. The van der Waals surface area contributed by atoms with Gasteiger partial charge in [0.2, 0.25) is 0 Å². The molecule has 3 aromatic rings. The minimum absolute atomic E-state index is 0.0459. The first-order valence-electron chi connectivity index (χ1n) is 10.9. The highest BCUT2D eigenvalue weighted by molar-refractivity contribution is 7.90. The van der Waals surface area contributed by atoms with Crippen molar-refractivity contribution in [2.24, 2.45) is 0 Å². The van der Waals surface area contributed by atoms with Crippen LogP contribution in [-0.4, -0.2) is 49.8 Å². The molecule has 32 heavy (non-hydrogen) atoms. The highest BCUT2D eigenvalue weighted by Gasteiger charge is 2.28. The summed E-state index contributed by atoms with van der Waals surface area (Å²) in [6.07, 6.45) is 0. The highest BCUT2D eigenvalue weighted by atomic mass is 32.2. The van der Waals surface area contributed by atoms with Crippen LogP contribution in [0.4, 0.5) is 0 Å². The molecule has 166 valence electrons. The van der Waals surface area contributed by atoms with Crippen molar-refractivity contribution < 1.29 is 13.2 Å². The maximum absolute atomic E-state index is 13.2. The van der Waals surface area contributed by atoms with Gasteiger partial charge in [-0.15, -0.1) is 0 Å². The second-order valence-corrected chi connectivity index (χ2v) is 10.3. The Morgan fingerprint density at radius 3 is 2.19 bits per heavy atom.